The number of rotatable bonds is 12. The van der Waals surface area contributed by atoms with Crippen LogP contribution in [0, 0.1) is 0 Å². The van der Waals surface area contributed by atoms with Crippen LogP contribution in [0.3, 0.4) is 0 Å². The second-order valence-corrected chi connectivity index (χ2v) is 9.72. The predicted octanol–water partition coefficient (Wildman–Crippen LogP) is 6.20. The zero-order chi connectivity index (χ0) is 21.8. The first-order chi connectivity index (χ1) is 15.3. The molecule has 1 saturated heterocycles. The van der Waals surface area contributed by atoms with Crippen molar-refractivity contribution in [2.75, 3.05) is 19.6 Å². The highest BCUT2D eigenvalue weighted by Crippen LogP contribution is 2.38. The Bertz CT molecular complexity index is 639. The van der Waals surface area contributed by atoms with Crippen LogP contribution in [0.1, 0.15) is 96.3 Å². The third-order valence-corrected chi connectivity index (χ3v) is 7.63. The smallest absolute Gasteiger partial charge is 0.248 e. The second-order valence-electron chi connectivity index (χ2n) is 9.72. The number of aryl methyl sites for hydroxylation is 1. The first-order valence-electron chi connectivity index (χ1n) is 13.1. The van der Waals surface area contributed by atoms with E-state index in [4.69, 9.17) is 0 Å². The third kappa shape index (κ3) is 6.97. The summed E-state index contributed by atoms with van der Waals surface area (Å²) in [4.78, 5) is 5.44. The average molecular weight is 428 g/mol. The van der Waals surface area contributed by atoms with Gasteiger partial charge in [-0.05, 0) is 51.1 Å². The molecule has 3 rings (SSSR count). The van der Waals surface area contributed by atoms with Crippen molar-refractivity contribution in [2.45, 2.75) is 109 Å². The highest BCUT2D eigenvalue weighted by atomic mass is 15.5. The van der Waals surface area contributed by atoms with Crippen molar-refractivity contribution in [3.05, 3.63) is 38.1 Å². The lowest BCUT2D eigenvalue weighted by Crippen LogP contribution is -2.51. The van der Waals surface area contributed by atoms with Gasteiger partial charge in [-0.3, -0.25) is 4.90 Å². The maximum absolute atomic E-state index is 4.17. The van der Waals surface area contributed by atoms with Crippen LogP contribution in [0.15, 0.2) is 38.1 Å². The molecule has 4 heteroatoms. The lowest BCUT2D eigenvalue weighted by Gasteiger charge is -2.44. The zero-order valence-corrected chi connectivity index (χ0v) is 20.0. The van der Waals surface area contributed by atoms with E-state index in [0.29, 0.717) is 0 Å². The van der Waals surface area contributed by atoms with E-state index in [0.717, 1.165) is 6.54 Å². The van der Waals surface area contributed by atoms with E-state index < -0.39 is 0 Å². The Balaban J connectivity index is 1.30. The molecule has 1 aromatic rings. The van der Waals surface area contributed by atoms with Crippen molar-refractivity contribution in [1.29, 1.82) is 0 Å². The summed E-state index contributed by atoms with van der Waals surface area (Å²) in [6.45, 7) is 12.8. The Morgan fingerprint density at radius 2 is 1.42 bits per heavy atom. The molecule has 4 nitrogen and oxygen atoms in total. The molecule has 2 fully saturated rings. The molecule has 0 N–H and O–H groups in total. The molecule has 1 aliphatic carbocycles. The van der Waals surface area contributed by atoms with Gasteiger partial charge in [0, 0.05) is 19.6 Å². The number of aromatic nitrogens is 2. The maximum atomic E-state index is 4.17. The normalized spacial score (nSPS) is 19.8. The molecular formula is C27H47N4+. The van der Waals surface area contributed by atoms with E-state index >= 15 is 0 Å². The summed E-state index contributed by atoms with van der Waals surface area (Å²) >= 11 is 0. The van der Waals surface area contributed by atoms with Gasteiger partial charge in [-0.15, -0.1) is 0 Å². The van der Waals surface area contributed by atoms with Crippen LogP contribution in [0.4, 0.5) is 0 Å². The van der Waals surface area contributed by atoms with E-state index in [1.807, 2.05) is 10.8 Å². The van der Waals surface area contributed by atoms with Gasteiger partial charge < -0.3 is 4.90 Å². The molecule has 1 saturated carbocycles. The molecule has 2 aliphatic rings. The van der Waals surface area contributed by atoms with Crippen LogP contribution in [-0.4, -0.2) is 39.7 Å². The monoisotopic (exact) mass is 427 g/mol. The summed E-state index contributed by atoms with van der Waals surface area (Å²) < 4.78 is 4.27. The van der Waals surface area contributed by atoms with Crippen molar-refractivity contribution in [2.24, 2.45) is 0 Å². The minimum atomic E-state index is 0.286. The largest absolute Gasteiger partial charge is 0.359 e. The molecule has 174 valence electrons. The number of imidazole rings is 1. The highest BCUT2D eigenvalue weighted by molar-refractivity contribution is 5.13. The first kappa shape index (κ1) is 24.1. The highest BCUT2D eigenvalue weighted by Gasteiger charge is 2.44. The van der Waals surface area contributed by atoms with Crippen molar-refractivity contribution < 1.29 is 4.57 Å². The predicted molar refractivity (Wildman–Crippen MR) is 131 cm³/mol. The lowest BCUT2D eigenvalue weighted by molar-refractivity contribution is -0.696. The van der Waals surface area contributed by atoms with E-state index in [2.05, 4.69) is 52.4 Å². The Morgan fingerprint density at radius 3 is 2.06 bits per heavy atom. The first-order valence-corrected chi connectivity index (χ1v) is 13.1. The van der Waals surface area contributed by atoms with Crippen molar-refractivity contribution in [3.63, 3.8) is 0 Å². The summed E-state index contributed by atoms with van der Waals surface area (Å²) in [5, 5.41) is 0. The minimum Gasteiger partial charge on any atom is -0.359 e. The SMILES string of the molecule is C=CN1CCN(CCCCCCCCC[n+]2ccn(C=C)c2)C12CCCCCCCC2. The second kappa shape index (κ2) is 13.1. The Labute approximate surface area is 191 Å². The summed E-state index contributed by atoms with van der Waals surface area (Å²) in [6, 6.07) is 0. The van der Waals surface area contributed by atoms with Gasteiger partial charge in [0.2, 0.25) is 6.33 Å². The van der Waals surface area contributed by atoms with E-state index in [9.17, 15) is 0 Å². The van der Waals surface area contributed by atoms with Gasteiger partial charge in [-0.1, -0.05) is 64.5 Å². The van der Waals surface area contributed by atoms with Gasteiger partial charge in [0.05, 0.1) is 18.4 Å². The topological polar surface area (TPSA) is 15.3 Å². The Kier molecular flexibility index (Phi) is 10.2. The zero-order valence-electron chi connectivity index (χ0n) is 20.0. The number of nitrogens with zero attached hydrogens (tertiary/aromatic N) is 4. The fourth-order valence-corrected chi connectivity index (χ4v) is 5.79. The summed E-state index contributed by atoms with van der Waals surface area (Å²) in [6.07, 6.45) is 31.0. The van der Waals surface area contributed by atoms with Gasteiger partial charge in [-0.25, -0.2) is 9.13 Å². The van der Waals surface area contributed by atoms with Gasteiger partial charge in [0.1, 0.15) is 12.4 Å². The molecule has 1 aliphatic heterocycles. The van der Waals surface area contributed by atoms with Crippen LogP contribution in [0.2, 0.25) is 0 Å². The minimum absolute atomic E-state index is 0.286. The van der Waals surface area contributed by atoms with Gasteiger partial charge in [0.15, 0.2) is 0 Å². The number of hydrogen-bond donors (Lipinski definition) is 0. The van der Waals surface area contributed by atoms with Crippen LogP contribution in [0.25, 0.3) is 6.20 Å². The molecule has 0 bridgehead atoms. The maximum Gasteiger partial charge on any atom is 0.248 e. The molecule has 1 spiro atoms. The van der Waals surface area contributed by atoms with E-state index in [1.165, 1.54) is 116 Å². The summed E-state index contributed by atoms with van der Waals surface area (Å²) in [5.41, 5.74) is 0.286. The average Bonchev–Trinajstić information content (AvgIpc) is 3.41. The van der Waals surface area contributed by atoms with Crippen LogP contribution < -0.4 is 4.57 Å². The standard InChI is InChI=1S/C27H47N4/c1-3-28-22-23-29(26-28)20-16-12-8-5-9-13-17-21-31-25-24-30(4-2)27(31)18-14-10-6-7-11-15-19-27/h3-4,22-23,26H,1-2,5-21,24-25H2/q+1. The van der Waals surface area contributed by atoms with E-state index in [-0.39, 0.29) is 5.66 Å². The quantitative estimate of drug-likeness (QED) is 0.291. The Hall–Kier alpha value is -1.55. The molecule has 0 atom stereocenters. The molecule has 0 unspecified atom stereocenters. The van der Waals surface area contributed by atoms with E-state index in [1.54, 1.807) is 0 Å². The molecule has 2 heterocycles. The Morgan fingerprint density at radius 1 is 0.774 bits per heavy atom. The van der Waals surface area contributed by atoms with Gasteiger partial charge >= 0.3 is 0 Å². The molecular weight excluding hydrogens is 380 g/mol. The summed E-state index contributed by atoms with van der Waals surface area (Å²) in [7, 11) is 0. The fraction of sp³-hybridized carbons (Fsp3) is 0.741. The number of hydrogen-bond acceptors (Lipinski definition) is 2. The van der Waals surface area contributed by atoms with Gasteiger partial charge in [0.25, 0.3) is 0 Å². The van der Waals surface area contributed by atoms with Gasteiger partial charge in [-0.2, -0.15) is 0 Å². The molecule has 0 aromatic carbocycles. The lowest BCUT2D eigenvalue weighted by atomic mass is 9.94. The molecule has 1 aromatic heterocycles. The third-order valence-electron chi connectivity index (χ3n) is 7.63. The fourth-order valence-electron chi connectivity index (χ4n) is 5.79. The molecule has 31 heavy (non-hydrogen) atoms. The molecule has 0 radical (unpaired) electrons. The van der Waals surface area contributed by atoms with Crippen molar-refractivity contribution >= 4 is 6.20 Å². The van der Waals surface area contributed by atoms with Crippen LogP contribution in [0.5, 0.6) is 0 Å². The molecule has 0 amide bonds. The van der Waals surface area contributed by atoms with Crippen molar-refractivity contribution in [1.82, 2.24) is 14.4 Å². The number of unbranched alkanes of at least 4 members (excludes halogenated alkanes) is 6. The summed E-state index contributed by atoms with van der Waals surface area (Å²) in [5.74, 6) is 0. The van der Waals surface area contributed by atoms with Crippen LogP contribution in [-0.2, 0) is 6.54 Å². The van der Waals surface area contributed by atoms with Crippen LogP contribution >= 0.6 is 0 Å². The van der Waals surface area contributed by atoms with Crippen molar-refractivity contribution in [3.8, 4) is 0 Å².